The van der Waals surface area contributed by atoms with E-state index in [0.717, 1.165) is 55.1 Å². The summed E-state index contributed by atoms with van der Waals surface area (Å²) in [5, 5.41) is 0.775. The fourth-order valence-corrected chi connectivity index (χ4v) is 2.91. The van der Waals surface area contributed by atoms with Crippen LogP contribution in [0.15, 0.2) is 47.3 Å². The van der Waals surface area contributed by atoms with Crippen LogP contribution in [0, 0.1) is 0 Å². The quantitative estimate of drug-likeness (QED) is 0.500. The van der Waals surface area contributed by atoms with Crippen LogP contribution in [0.5, 0.6) is 0 Å². The van der Waals surface area contributed by atoms with E-state index < -0.39 is 0 Å². The molecule has 0 atom stereocenters. The SMILES string of the molecule is CCCCC(=O)/C=C/CCCCc1cc(=O)c2ccccc2n1C. The number of fused-ring (bicyclic) bond motifs is 1. The van der Waals surface area contributed by atoms with Gasteiger partial charge in [-0.05, 0) is 50.3 Å². The van der Waals surface area contributed by atoms with Gasteiger partial charge < -0.3 is 4.57 Å². The molecule has 24 heavy (non-hydrogen) atoms. The molecule has 0 aliphatic heterocycles. The number of allylic oxidation sites excluding steroid dienone is 2. The van der Waals surface area contributed by atoms with E-state index in [0.29, 0.717) is 6.42 Å². The smallest absolute Gasteiger partial charge is 0.189 e. The number of aromatic nitrogens is 1. The highest BCUT2D eigenvalue weighted by Gasteiger charge is 2.05. The van der Waals surface area contributed by atoms with Gasteiger partial charge in [0.25, 0.3) is 0 Å². The van der Waals surface area contributed by atoms with Crippen LogP contribution in [0.25, 0.3) is 10.9 Å². The minimum Gasteiger partial charge on any atom is -0.347 e. The van der Waals surface area contributed by atoms with E-state index in [1.165, 1.54) is 0 Å². The normalized spacial score (nSPS) is 11.4. The number of hydrogen-bond donors (Lipinski definition) is 0. The first-order valence-corrected chi connectivity index (χ1v) is 8.90. The first kappa shape index (κ1) is 18.2. The predicted octanol–water partition coefficient (Wildman–Crippen LogP) is 4.57. The van der Waals surface area contributed by atoms with E-state index in [-0.39, 0.29) is 11.2 Å². The van der Waals surface area contributed by atoms with Crippen molar-refractivity contribution in [3.63, 3.8) is 0 Å². The Morgan fingerprint density at radius 3 is 2.75 bits per heavy atom. The molecule has 0 aliphatic carbocycles. The lowest BCUT2D eigenvalue weighted by Crippen LogP contribution is -2.11. The highest BCUT2D eigenvalue weighted by molar-refractivity contribution is 5.89. The molecule has 128 valence electrons. The van der Waals surface area contributed by atoms with Gasteiger partial charge >= 0.3 is 0 Å². The third kappa shape index (κ3) is 4.92. The van der Waals surface area contributed by atoms with Crippen molar-refractivity contribution in [2.24, 2.45) is 7.05 Å². The van der Waals surface area contributed by atoms with Crippen LogP contribution >= 0.6 is 0 Å². The molecule has 0 saturated carbocycles. The van der Waals surface area contributed by atoms with E-state index in [1.54, 1.807) is 12.1 Å². The first-order chi connectivity index (χ1) is 11.6. The zero-order valence-electron chi connectivity index (χ0n) is 14.8. The molecule has 1 aromatic heterocycles. The van der Waals surface area contributed by atoms with E-state index in [9.17, 15) is 9.59 Å². The molecule has 2 rings (SSSR count). The molecule has 3 heteroatoms. The van der Waals surface area contributed by atoms with Crippen molar-refractivity contribution >= 4 is 16.7 Å². The second-order valence-electron chi connectivity index (χ2n) is 6.29. The van der Waals surface area contributed by atoms with E-state index in [4.69, 9.17) is 0 Å². The monoisotopic (exact) mass is 325 g/mol. The maximum absolute atomic E-state index is 12.2. The van der Waals surface area contributed by atoms with Crippen molar-refractivity contribution in [3.8, 4) is 0 Å². The zero-order chi connectivity index (χ0) is 17.4. The van der Waals surface area contributed by atoms with Crippen LogP contribution in [-0.4, -0.2) is 10.4 Å². The molecule has 1 aromatic carbocycles. The van der Waals surface area contributed by atoms with E-state index in [2.05, 4.69) is 11.5 Å². The van der Waals surface area contributed by atoms with Crippen LogP contribution in [0.1, 0.15) is 51.1 Å². The number of benzene rings is 1. The summed E-state index contributed by atoms with van der Waals surface area (Å²) in [4.78, 5) is 23.7. The number of nitrogens with zero attached hydrogens (tertiary/aromatic N) is 1. The average molecular weight is 325 g/mol. The second kappa shape index (κ2) is 9.21. The van der Waals surface area contributed by atoms with E-state index in [1.807, 2.05) is 37.4 Å². The van der Waals surface area contributed by atoms with Crippen LogP contribution in [-0.2, 0) is 18.3 Å². The lowest BCUT2D eigenvalue weighted by molar-refractivity contribution is -0.114. The lowest BCUT2D eigenvalue weighted by Gasteiger charge is -2.12. The number of carbonyl (C=O) groups is 1. The van der Waals surface area contributed by atoms with Crippen LogP contribution in [0.3, 0.4) is 0 Å². The summed E-state index contributed by atoms with van der Waals surface area (Å²) in [6.07, 6.45) is 10.2. The summed E-state index contributed by atoms with van der Waals surface area (Å²) < 4.78 is 2.11. The predicted molar refractivity (Wildman–Crippen MR) is 100 cm³/mol. The van der Waals surface area contributed by atoms with Gasteiger partial charge in [-0.2, -0.15) is 0 Å². The summed E-state index contributed by atoms with van der Waals surface area (Å²) in [6, 6.07) is 9.49. The molecule has 0 radical (unpaired) electrons. The Morgan fingerprint density at radius 1 is 1.17 bits per heavy atom. The Labute approximate surface area is 144 Å². The highest BCUT2D eigenvalue weighted by atomic mass is 16.1. The average Bonchev–Trinajstić information content (AvgIpc) is 2.60. The summed E-state index contributed by atoms with van der Waals surface area (Å²) >= 11 is 0. The number of unbranched alkanes of at least 4 members (excludes halogenated alkanes) is 3. The third-order valence-electron chi connectivity index (χ3n) is 4.39. The fraction of sp³-hybridized carbons (Fsp3) is 0.429. The molecule has 3 nitrogen and oxygen atoms in total. The molecular formula is C21H27NO2. The summed E-state index contributed by atoms with van der Waals surface area (Å²) in [5.41, 5.74) is 2.16. The molecular weight excluding hydrogens is 298 g/mol. The van der Waals surface area contributed by atoms with Crippen molar-refractivity contribution in [3.05, 3.63) is 58.4 Å². The van der Waals surface area contributed by atoms with Gasteiger partial charge in [0.15, 0.2) is 11.2 Å². The van der Waals surface area contributed by atoms with Gasteiger partial charge in [-0.1, -0.05) is 31.6 Å². The Balaban J connectivity index is 1.86. The van der Waals surface area contributed by atoms with Gasteiger partial charge in [-0.15, -0.1) is 0 Å². The van der Waals surface area contributed by atoms with Gasteiger partial charge in [0.2, 0.25) is 0 Å². The number of ketones is 1. The number of hydrogen-bond acceptors (Lipinski definition) is 2. The van der Waals surface area contributed by atoms with Crippen molar-refractivity contribution in [2.75, 3.05) is 0 Å². The number of carbonyl (C=O) groups excluding carboxylic acids is 1. The van der Waals surface area contributed by atoms with Crippen molar-refractivity contribution in [1.82, 2.24) is 4.57 Å². The van der Waals surface area contributed by atoms with E-state index >= 15 is 0 Å². The maximum atomic E-state index is 12.2. The van der Waals surface area contributed by atoms with Crippen LogP contribution in [0.2, 0.25) is 0 Å². The number of pyridine rings is 1. The zero-order valence-corrected chi connectivity index (χ0v) is 14.8. The van der Waals surface area contributed by atoms with Gasteiger partial charge in [0.1, 0.15) is 0 Å². The Hall–Kier alpha value is -2.16. The second-order valence-corrected chi connectivity index (χ2v) is 6.29. The van der Waals surface area contributed by atoms with Gasteiger partial charge in [0, 0.05) is 30.6 Å². The molecule has 0 amide bonds. The lowest BCUT2D eigenvalue weighted by atomic mass is 10.1. The van der Waals surface area contributed by atoms with Crippen LogP contribution < -0.4 is 5.43 Å². The van der Waals surface area contributed by atoms with Gasteiger partial charge in [0.05, 0.1) is 5.52 Å². The molecule has 0 saturated heterocycles. The maximum Gasteiger partial charge on any atom is 0.189 e. The standard InChI is InChI=1S/C21H27NO2/c1-3-4-12-18(23)13-8-6-5-7-11-17-16-21(24)19-14-9-10-15-20(19)22(17)2/h8-10,13-16H,3-7,11-12H2,1-2H3/b13-8+. The fourth-order valence-electron chi connectivity index (χ4n) is 2.91. The van der Waals surface area contributed by atoms with Gasteiger partial charge in [-0.25, -0.2) is 0 Å². The Kier molecular flexibility index (Phi) is 6.98. The molecule has 0 bridgehead atoms. The Morgan fingerprint density at radius 2 is 1.96 bits per heavy atom. The highest BCUT2D eigenvalue weighted by Crippen LogP contribution is 2.13. The summed E-state index contributed by atoms with van der Waals surface area (Å²) in [6.45, 7) is 2.09. The van der Waals surface area contributed by atoms with Gasteiger partial charge in [-0.3, -0.25) is 9.59 Å². The number of rotatable bonds is 9. The topological polar surface area (TPSA) is 39.1 Å². The molecule has 0 aliphatic rings. The van der Waals surface area contributed by atoms with Crippen molar-refractivity contribution in [2.45, 2.75) is 51.9 Å². The molecule has 0 N–H and O–H groups in total. The molecule has 2 aromatic rings. The molecule has 0 spiro atoms. The Bertz CT molecular complexity index is 771. The summed E-state index contributed by atoms with van der Waals surface area (Å²) in [5.74, 6) is 0.230. The molecule has 0 unspecified atom stereocenters. The summed E-state index contributed by atoms with van der Waals surface area (Å²) in [7, 11) is 2.02. The molecule has 0 fully saturated rings. The molecule has 1 heterocycles. The minimum atomic E-state index is 0.0973. The first-order valence-electron chi connectivity index (χ1n) is 8.90. The minimum absolute atomic E-state index is 0.0973. The largest absolute Gasteiger partial charge is 0.347 e. The van der Waals surface area contributed by atoms with Crippen LogP contribution in [0.4, 0.5) is 0 Å². The number of para-hydroxylation sites is 1. The number of aryl methyl sites for hydroxylation is 2. The van der Waals surface area contributed by atoms with Crippen molar-refractivity contribution < 1.29 is 4.79 Å². The van der Waals surface area contributed by atoms with Crippen molar-refractivity contribution in [1.29, 1.82) is 0 Å². The third-order valence-corrected chi connectivity index (χ3v) is 4.39.